The lowest BCUT2D eigenvalue weighted by molar-refractivity contribution is -0.384. The monoisotopic (exact) mass is 263 g/mol. The first-order valence-corrected chi connectivity index (χ1v) is 6.75. The highest BCUT2D eigenvalue weighted by Gasteiger charge is 2.19. The molecule has 0 amide bonds. The number of non-ortho nitro benzene ring substituents is 1. The molecule has 1 heterocycles. The van der Waals surface area contributed by atoms with E-state index in [1.165, 1.54) is 6.07 Å². The van der Waals surface area contributed by atoms with Gasteiger partial charge in [-0.3, -0.25) is 10.1 Å². The Morgan fingerprint density at radius 2 is 2.11 bits per heavy atom. The number of likely N-dealkylation sites (tertiary alicyclic amines) is 1. The maximum absolute atomic E-state index is 10.8. The Balaban J connectivity index is 1.97. The molecule has 1 fully saturated rings. The Labute approximate surface area is 113 Å². The summed E-state index contributed by atoms with van der Waals surface area (Å²) in [6.07, 6.45) is 2.27. The van der Waals surface area contributed by atoms with Gasteiger partial charge in [0.15, 0.2) is 0 Å². The summed E-state index contributed by atoms with van der Waals surface area (Å²) in [6, 6.07) is 7.54. The van der Waals surface area contributed by atoms with Crippen LogP contribution in [0.15, 0.2) is 24.3 Å². The minimum Gasteiger partial charge on any atom is -0.307 e. The third-order valence-corrected chi connectivity index (χ3v) is 3.79. The van der Waals surface area contributed by atoms with Crippen molar-refractivity contribution in [1.29, 1.82) is 0 Å². The van der Waals surface area contributed by atoms with E-state index in [2.05, 4.69) is 24.2 Å². The smallest absolute Gasteiger partial charge is 0.269 e. The van der Waals surface area contributed by atoms with Crippen LogP contribution in [0.1, 0.15) is 31.4 Å². The van der Waals surface area contributed by atoms with E-state index in [0.717, 1.165) is 31.5 Å². The second-order valence-electron chi connectivity index (χ2n) is 5.32. The van der Waals surface area contributed by atoms with Crippen molar-refractivity contribution in [2.75, 3.05) is 20.1 Å². The number of hydrogen-bond acceptors (Lipinski definition) is 4. The number of benzene rings is 1. The molecule has 1 aliphatic heterocycles. The molecule has 0 aromatic heterocycles. The van der Waals surface area contributed by atoms with Crippen LogP contribution in [0.5, 0.6) is 0 Å². The quantitative estimate of drug-likeness (QED) is 0.669. The zero-order valence-electron chi connectivity index (χ0n) is 11.5. The predicted octanol–water partition coefficient (Wildman–Crippen LogP) is 2.34. The molecule has 1 aromatic rings. The van der Waals surface area contributed by atoms with Crippen LogP contribution in [0, 0.1) is 10.1 Å². The first kappa shape index (κ1) is 14.0. The van der Waals surface area contributed by atoms with E-state index in [4.69, 9.17) is 0 Å². The number of nitro groups is 1. The van der Waals surface area contributed by atoms with Crippen molar-refractivity contribution in [2.45, 2.75) is 31.8 Å². The van der Waals surface area contributed by atoms with Gasteiger partial charge in [-0.25, -0.2) is 0 Å². The lowest BCUT2D eigenvalue weighted by Gasteiger charge is -2.31. The van der Waals surface area contributed by atoms with Crippen molar-refractivity contribution in [2.24, 2.45) is 0 Å². The molecule has 0 spiro atoms. The maximum atomic E-state index is 10.8. The summed E-state index contributed by atoms with van der Waals surface area (Å²) in [5.41, 5.74) is 1.14. The molecule has 5 nitrogen and oxygen atoms in total. The highest BCUT2D eigenvalue weighted by atomic mass is 16.6. The second-order valence-corrected chi connectivity index (χ2v) is 5.32. The number of hydrogen-bond donors (Lipinski definition) is 1. The van der Waals surface area contributed by atoms with Crippen LogP contribution >= 0.6 is 0 Å². The third kappa shape index (κ3) is 3.75. The van der Waals surface area contributed by atoms with Crippen molar-refractivity contribution in [1.82, 2.24) is 10.2 Å². The Kier molecular flexibility index (Phi) is 4.50. The van der Waals surface area contributed by atoms with Gasteiger partial charge in [0.2, 0.25) is 0 Å². The number of nitrogens with zero attached hydrogens (tertiary/aromatic N) is 2. The maximum Gasteiger partial charge on any atom is 0.269 e. The van der Waals surface area contributed by atoms with Gasteiger partial charge in [0.05, 0.1) is 4.92 Å². The summed E-state index contributed by atoms with van der Waals surface area (Å²) in [5.74, 6) is 0. The van der Waals surface area contributed by atoms with Gasteiger partial charge in [-0.15, -0.1) is 0 Å². The molecule has 19 heavy (non-hydrogen) atoms. The molecule has 104 valence electrons. The van der Waals surface area contributed by atoms with Gasteiger partial charge in [-0.1, -0.05) is 12.1 Å². The van der Waals surface area contributed by atoms with Gasteiger partial charge in [-0.05, 0) is 45.5 Å². The standard InChI is InChI=1S/C14H21N3O2/c1-11(15-13-6-8-16(2)9-7-13)12-4-3-5-14(10-12)17(18)19/h3-5,10-11,13,15H,6-9H2,1-2H3. The molecule has 1 saturated heterocycles. The summed E-state index contributed by atoms with van der Waals surface area (Å²) in [5, 5.41) is 14.4. The topological polar surface area (TPSA) is 58.4 Å². The van der Waals surface area contributed by atoms with Crippen LogP contribution in [0.2, 0.25) is 0 Å². The fourth-order valence-corrected chi connectivity index (χ4v) is 2.53. The molecular formula is C14H21N3O2. The average molecular weight is 263 g/mol. The lowest BCUT2D eigenvalue weighted by Crippen LogP contribution is -2.41. The van der Waals surface area contributed by atoms with Crippen LogP contribution in [-0.2, 0) is 0 Å². The summed E-state index contributed by atoms with van der Waals surface area (Å²) < 4.78 is 0. The summed E-state index contributed by atoms with van der Waals surface area (Å²) in [7, 11) is 2.14. The zero-order valence-corrected chi connectivity index (χ0v) is 11.5. The molecule has 0 saturated carbocycles. The van der Waals surface area contributed by atoms with Crippen LogP contribution in [0.25, 0.3) is 0 Å². The van der Waals surface area contributed by atoms with Crippen LogP contribution < -0.4 is 5.32 Å². The number of piperidine rings is 1. The largest absolute Gasteiger partial charge is 0.307 e. The first-order valence-electron chi connectivity index (χ1n) is 6.75. The molecular weight excluding hydrogens is 242 g/mol. The Morgan fingerprint density at radius 1 is 1.42 bits per heavy atom. The van der Waals surface area contributed by atoms with Gasteiger partial charge in [-0.2, -0.15) is 0 Å². The Bertz CT molecular complexity index is 442. The Hall–Kier alpha value is -1.46. The van der Waals surface area contributed by atoms with Gasteiger partial charge in [0.25, 0.3) is 5.69 Å². The van der Waals surface area contributed by atoms with Crippen molar-refractivity contribution in [3.8, 4) is 0 Å². The molecule has 1 aromatic carbocycles. The third-order valence-electron chi connectivity index (χ3n) is 3.79. The molecule has 1 N–H and O–H groups in total. The minimum absolute atomic E-state index is 0.147. The summed E-state index contributed by atoms with van der Waals surface area (Å²) >= 11 is 0. The van der Waals surface area contributed by atoms with Crippen molar-refractivity contribution >= 4 is 5.69 Å². The second kappa shape index (κ2) is 6.12. The molecule has 2 rings (SSSR count). The summed E-state index contributed by atoms with van der Waals surface area (Å²) in [4.78, 5) is 12.8. The number of nitrogens with one attached hydrogen (secondary N) is 1. The average Bonchev–Trinajstić information content (AvgIpc) is 2.41. The highest BCUT2D eigenvalue weighted by Crippen LogP contribution is 2.21. The minimum atomic E-state index is -0.341. The van der Waals surface area contributed by atoms with E-state index in [1.807, 2.05) is 6.07 Å². The highest BCUT2D eigenvalue weighted by molar-refractivity contribution is 5.35. The predicted molar refractivity (Wildman–Crippen MR) is 75.2 cm³/mol. The van der Waals surface area contributed by atoms with Gasteiger partial charge >= 0.3 is 0 Å². The van der Waals surface area contributed by atoms with Crippen LogP contribution in [0.4, 0.5) is 5.69 Å². The van der Waals surface area contributed by atoms with Crippen LogP contribution in [0.3, 0.4) is 0 Å². The number of rotatable bonds is 4. The Morgan fingerprint density at radius 3 is 2.74 bits per heavy atom. The van der Waals surface area contributed by atoms with Crippen LogP contribution in [-0.4, -0.2) is 36.0 Å². The van der Waals surface area contributed by atoms with Gasteiger partial charge in [0, 0.05) is 24.2 Å². The van der Waals surface area contributed by atoms with Gasteiger partial charge < -0.3 is 10.2 Å². The van der Waals surface area contributed by atoms with Crippen molar-refractivity contribution in [3.05, 3.63) is 39.9 Å². The van der Waals surface area contributed by atoms with Crippen molar-refractivity contribution in [3.63, 3.8) is 0 Å². The molecule has 1 unspecified atom stereocenters. The first-order chi connectivity index (χ1) is 9.06. The zero-order chi connectivity index (χ0) is 13.8. The molecule has 0 bridgehead atoms. The molecule has 5 heteroatoms. The van der Waals surface area contributed by atoms with E-state index in [-0.39, 0.29) is 16.7 Å². The lowest BCUT2D eigenvalue weighted by atomic mass is 10.0. The van der Waals surface area contributed by atoms with E-state index in [0.29, 0.717) is 6.04 Å². The molecule has 1 atom stereocenters. The fraction of sp³-hybridized carbons (Fsp3) is 0.571. The molecule has 1 aliphatic rings. The molecule has 0 aliphatic carbocycles. The van der Waals surface area contributed by atoms with E-state index in [9.17, 15) is 10.1 Å². The normalized spacial score (nSPS) is 19.3. The fourth-order valence-electron chi connectivity index (χ4n) is 2.53. The molecule has 0 radical (unpaired) electrons. The van der Waals surface area contributed by atoms with E-state index >= 15 is 0 Å². The number of nitro benzene ring substituents is 1. The van der Waals surface area contributed by atoms with Crippen molar-refractivity contribution < 1.29 is 4.92 Å². The van der Waals surface area contributed by atoms with Gasteiger partial charge in [0.1, 0.15) is 0 Å². The SMILES string of the molecule is CC(NC1CCN(C)CC1)c1cccc([N+](=O)[O-])c1. The van der Waals surface area contributed by atoms with E-state index < -0.39 is 0 Å². The van der Waals surface area contributed by atoms with E-state index in [1.54, 1.807) is 12.1 Å². The summed E-state index contributed by atoms with van der Waals surface area (Å²) in [6.45, 7) is 4.29.